The van der Waals surface area contributed by atoms with Gasteiger partial charge in [-0.05, 0) is 19.3 Å². The molecule has 7 heteroatoms. The van der Waals surface area contributed by atoms with E-state index in [1.54, 1.807) is 11.3 Å². The number of imidazole rings is 1. The number of nitrogens with one attached hydrogen (secondary N) is 2. The van der Waals surface area contributed by atoms with Gasteiger partial charge in [0.1, 0.15) is 0 Å². The molecule has 2 aromatic heterocycles. The Morgan fingerprint density at radius 1 is 1.43 bits per heavy atom. The predicted molar refractivity (Wildman–Crippen MR) is 101 cm³/mol. The van der Waals surface area contributed by atoms with E-state index >= 15 is 0 Å². The van der Waals surface area contributed by atoms with Gasteiger partial charge >= 0.3 is 0 Å². The van der Waals surface area contributed by atoms with Gasteiger partial charge in [-0.2, -0.15) is 0 Å². The first-order chi connectivity index (χ1) is 9.69. The average Bonchev–Trinajstić information content (AvgIpc) is 2.96. The van der Waals surface area contributed by atoms with E-state index < -0.39 is 0 Å². The zero-order valence-corrected chi connectivity index (χ0v) is 15.9. The summed E-state index contributed by atoms with van der Waals surface area (Å²) in [6, 6.07) is 0. The van der Waals surface area contributed by atoms with Crippen molar-refractivity contribution in [2.24, 2.45) is 10.9 Å². The van der Waals surface area contributed by atoms with Crippen molar-refractivity contribution in [2.75, 3.05) is 13.1 Å². The summed E-state index contributed by atoms with van der Waals surface area (Å²) in [4.78, 5) is 10.1. The standard InChI is InChI=1S/C14H23N5S.HI/c1-4-15-13(16-6-5-11(2)3)17-9-12-10-19-7-8-20-14(19)18-12;/h7-8,10-11H,4-6,9H2,1-3H3,(H2,15,16,17);1H. The molecule has 2 rings (SSSR count). The first kappa shape index (κ1) is 18.2. The Morgan fingerprint density at radius 3 is 2.90 bits per heavy atom. The van der Waals surface area contributed by atoms with Crippen molar-refractivity contribution in [3.8, 4) is 0 Å². The van der Waals surface area contributed by atoms with Crippen LogP contribution in [0.1, 0.15) is 32.9 Å². The summed E-state index contributed by atoms with van der Waals surface area (Å²) in [6.45, 7) is 8.94. The molecule has 0 bridgehead atoms. The van der Waals surface area contributed by atoms with Crippen molar-refractivity contribution < 1.29 is 0 Å². The second kappa shape index (κ2) is 9.24. The van der Waals surface area contributed by atoms with Crippen LogP contribution in [0.3, 0.4) is 0 Å². The Hall–Kier alpha value is -0.830. The quantitative estimate of drug-likeness (QED) is 0.428. The second-order valence-electron chi connectivity index (χ2n) is 5.13. The lowest BCUT2D eigenvalue weighted by Gasteiger charge is -2.11. The third-order valence-corrected chi connectivity index (χ3v) is 3.67. The molecular weight excluding hydrogens is 397 g/mol. The molecule has 2 heterocycles. The molecule has 0 aliphatic heterocycles. The van der Waals surface area contributed by atoms with Gasteiger partial charge in [0.15, 0.2) is 10.9 Å². The minimum Gasteiger partial charge on any atom is -0.357 e. The Morgan fingerprint density at radius 2 is 2.24 bits per heavy atom. The summed E-state index contributed by atoms with van der Waals surface area (Å²) in [6.07, 6.45) is 5.20. The lowest BCUT2D eigenvalue weighted by Crippen LogP contribution is -2.38. The fourth-order valence-electron chi connectivity index (χ4n) is 1.83. The number of nitrogens with zero attached hydrogens (tertiary/aromatic N) is 3. The summed E-state index contributed by atoms with van der Waals surface area (Å²) in [5, 5.41) is 8.65. The van der Waals surface area contributed by atoms with E-state index in [0.29, 0.717) is 12.5 Å². The van der Waals surface area contributed by atoms with Crippen LogP contribution < -0.4 is 10.6 Å². The summed E-state index contributed by atoms with van der Waals surface area (Å²) >= 11 is 1.64. The molecule has 0 saturated carbocycles. The van der Waals surface area contributed by atoms with E-state index in [1.807, 2.05) is 22.2 Å². The molecule has 0 amide bonds. The minimum absolute atomic E-state index is 0. The van der Waals surface area contributed by atoms with Crippen LogP contribution in [0.2, 0.25) is 0 Å². The number of guanidine groups is 1. The van der Waals surface area contributed by atoms with Crippen LogP contribution >= 0.6 is 35.3 Å². The third kappa shape index (κ3) is 5.82. The number of halogens is 1. The van der Waals surface area contributed by atoms with Crippen LogP contribution in [-0.2, 0) is 6.54 Å². The van der Waals surface area contributed by atoms with Crippen molar-refractivity contribution >= 4 is 46.2 Å². The van der Waals surface area contributed by atoms with Gasteiger partial charge in [-0.3, -0.25) is 4.40 Å². The highest BCUT2D eigenvalue weighted by atomic mass is 127. The minimum atomic E-state index is 0. The van der Waals surface area contributed by atoms with Gasteiger partial charge < -0.3 is 10.6 Å². The maximum atomic E-state index is 4.58. The largest absolute Gasteiger partial charge is 0.357 e. The molecule has 0 aliphatic carbocycles. The van der Waals surface area contributed by atoms with Crippen LogP contribution in [0, 0.1) is 5.92 Å². The van der Waals surface area contributed by atoms with Crippen LogP contribution in [0.25, 0.3) is 4.96 Å². The molecule has 2 aromatic rings. The molecule has 0 unspecified atom stereocenters. The van der Waals surface area contributed by atoms with Crippen molar-refractivity contribution in [1.82, 2.24) is 20.0 Å². The van der Waals surface area contributed by atoms with Gasteiger partial charge in [0.2, 0.25) is 0 Å². The van der Waals surface area contributed by atoms with Crippen molar-refractivity contribution in [1.29, 1.82) is 0 Å². The maximum absolute atomic E-state index is 4.58. The fourth-order valence-corrected chi connectivity index (χ4v) is 2.55. The Balaban J connectivity index is 0.00000220. The number of aliphatic imine (C=N–C) groups is 1. The molecule has 0 saturated heterocycles. The summed E-state index contributed by atoms with van der Waals surface area (Å²) in [7, 11) is 0. The highest BCUT2D eigenvalue weighted by molar-refractivity contribution is 14.0. The lowest BCUT2D eigenvalue weighted by atomic mass is 10.1. The molecule has 0 aromatic carbocycles. The van der Waals surface area contributed by atoms with Gasteiger partial charge in [-0.15, -0.1) is 35.3 Å². The van der Waals surface area contributed by atoms with Crippen LogP contribution in [0.4, 0.5) is 0 Å². The second-order valence-corrected chi connectivity index (χ2v) is 6.00. The van der Waals surface area contributed by atoms with Crippen molar-refractivity contribution in [2.45, 2.75) is 33.7 Å². The third-order valence-electron chi connectivity index (χ3n) is 2.90. The number of fused-ring (bicyclic) bond motifs is 1. The smallest absolute Gasteiger partial charge is 0.193 e. The topological polar surface area (TPSA) is 53.7 Å². The number of hydrogen-bond acceptors (Lipinski definition) is 3. The molecule has 0 aliphatic rings. The fraction of sp³-hybridized carbons (Fsp3) is 0.571. The first-order valence-electron chi connectivity index (χ1n) is 7.12. The molecule has 0 fully saturated rings. The monoisotopic (exact) mass is 421 g/mol. The lowest BCUT2D eigenvalue weighted by molar-refractivity contribution is 0.573. The van der Waals surface area contributed by atoms with E-state index in [1.165, 1.54) is 0 Å². The molecule has 0 atom stereocenters. The van der Waals surface area contributed by atoms with Gasteiger partial charge in [-0.25, -0.2) is 9.98 Å². The highest BCUT2D eigenvalue weighted by Crippen LogP contribution is 2.11. The van der Waals surface area contributed by atoms with Crippen LogP contribution in [0.5, 0.6) is 0 Å². The molecule has 0 radical (unpaired) electrons. The number of thiazole rings is 1. The summed E-state index contributed by atoms with van der Waals surface area (Å²) < 4.78 is 2.04. The predicted octanol–water partition coefficient (Wildman–Crippen LogP) is 3.12. The number of rotatable bonds is 6. The number of hydrogen-bond donors (Lipinski definition) is 2. The van der Waals surface area contributed by atoms with Gasteiger partial charge in [0.25, 0.3) is 0 Å². The maximum Gasteiger partial charge on any atom is 0.193 e. The van der Waals surface area contributed by atoms with Gasteiger partial charge in [0.05, 0.1) is 12.2 Å². The Kier molecular flexibility index (Phi) is 8.02. The van der Waals surface area contributed by atoms with Gasteiger partial charge in [0, 0.05) is 30.9 Å². The zero-order chi connectivity index (χ0) is 14.4. The molecule has 118 valence electrons. The van der Waals surface area contributed by atoms with E-state index in [9.17, 15) is 0 Å². The van der Waals surface area contributed by atoms with Crippen molar-refractivity contribution in [3.63, 3.8) is 0 Å². The molecular formula is C14H24IN5S. The van der Waals surface area contributed by atoms with Gasteiger partial charge in [-0.1, -0.05) is 13.8 Å². The highest BCUT2D eigenvalue weighted by Gasteiger charge is 2.03. The SMILES string of the molecule is CCNC(=NCc1cn2ccsc2n1)NCCC(C)C.I. The average molecular weight is 421 g/mol. The van der Waals surface area contributed by atoms with Crippen LogP contribution in [0.15, 0.2) is 22.8 Å². The first-order valence-corrected chi connectivity index (χ1v) is 8.00. The molecule has 2 N–H and O–H groups in total. The zero-order valence-electron chi connectivity index (χ0n) is 12.8. The number of aromatic nitrogens is 2. The molecule has 0 spiro atoms. The van der Waals surface area contributed by atoms with E-state index in [2.05, 4.69) is 41.4 Å². The normalized spacial score (nSPS) is 11.7. The Bertz CT molecular complexity index is 532. The Labute approximate surface area is 147 Å². The summed E-state index contributed by atoms with van der Waals surface area (Å²) in [5.74, 6) is 1.56. The van der Waals surface area contributed by atoms with Crippen molar-refractivity contribution in [3.05, 3.63) is 23.5 Å². The van der Waals surface area contributed by atoms with E-state index in [-0.39, 0.29) is 24.0 Å². The molecule has 21 heavy (non-hydrogen) atoms. The van der Waals surface area contributed by atoms with E-state index in [0.717, 1.165) is 36.1 Å². The summed E-state index contributed by atoms with van der Waals surface area (Å²) in [5.41, 5.74) is 0.998. The molecule has 5 nitrogen and oxygen atoms in total. The van der Waals surface area contributed by atoms with E-state index in [4.69, 9.17) is 0 Å². The van der Waals surface area contributed by atoms with Crippen LogP contribution in [-0.4, -0.2) is 28.4 Å².